The Balaban J connectivity index is 1.79. The van der Waals surface area contributed by atoms with Gasteiger partial charge in [-0.2, -0.15) is 5.10 Å². The van der Waals surface area contributed by atoms with E-state index in [-0.39, 0.29) is 5.91 Å². The van der Waals surface area contributed by atoms with Gasteiger partial charge in [0.05, 0.1) is 11.9 Å². The first kappa shape index (κ1) is 17.9. The van der Waals surface area contributed by atoms with Crippen LogP contribution >= 0.6 is 0 Å². The van der Waals surface area contributed by atoms with Crippen LogP contribution in [-0.2, 0) is 11.8 Å². The molecule has 5 heteroatoms. The average Bonchev–Trinajstić information content (AvgIpc) is 3.12. The van der Waals surface area contributed by atoms with Gasteiger partial charge in [0.2, 0.25) is 5.91 Å². The molecule has 0 aliphatic carbocycles. The summed E-state index contributed by atoms with van der Waals surface area (Å²) in [5, 5.41) is 6.46. The second kappa shape index (κ2) is 6.93. The van der Waals surface area contributed by atoms with Crippen LogP contribution in [0.1, 0.15) is 12.5 Å². The fourth-order valence-electron chi connectivity index (χ4n) is 3.50. The van der Waals surface area contributed by atoms with Crippen LogP contribution in [0.3, 0.4) is 0 Å². The van der Waals surface area contributed by atoms with Crippen molar-refractivity contribution in [1.82, 2.24) is 14.8 Å². The molecule has 0 aliphatic rings. The second-order valence-electron chi connectivity index (χ2n) is 7.08. The number of hydrogen-bond donors (Lipinski definition) is 0. The molecule has 4 rings (SSSR count). The van der Waals surface area contributed by atoms with E-state index in [9.17, 15) is 4.79 Å². The van der Waals surface area contributed by atoms with Crippen molar-refractivity contribution in [2.75, 3.05) is 11.9 Å². The highest BCUT2D eigenvalue weighted by Crippen LogP contribution is 2.33. The van der Waals surface area contributed by atoms with Crippen molar-refractivity contribution in [3.05, 3.63) is 66.6 Å². The van der Waals surface area contributed by atoms with E-state index in [1.807, 2.05) is 38.6 Å². The fraction of sp³-hybridized carbons (Fsp3) is 0.174. The van der Waals surface area contributed by atoms with Gasteiger partial charge in [0, 0.05) is 50.0 Å². The number of amides is 1. The molecule has 0 aliphatic heterocycles. The molecule has 0 atom stereocenters. The molecular weight excluding hydrogens is 348 g/mol. The van der Waals surface area contributed by atoms with Gasteiger partial charge in [0.25, 0.3) is 0 Å². The summed E-state index contributed by atoms with van der Waals surface area (Å²) in [6.07, 6.45) is 5.72. The van der Waals surface area contributed by atoms with Crippen LogP contribution in [0.5, 0.6) is 0 Å². The molecule has 0 radical (unpaired) electrons. The second-order valence-corrected chi connectivity index (χ2v) is 7.08. The Morgan fingerprint density at radius 1 is 1.07 bits per heavy atom. The normalized spacial score (nSPS) is 11.0. The van der Waals surface area contributed by atoms with Gasteiger partial charge >= 0.3 is 0 Å². The Morgan fingerprint density at radius 3 is 2.57 bits per heavy atom. The quantitative estimate of drug-likeness (QED) is 0.530. The Labute approximate surface area is 164 Å². The van der Waals surface area contributed by atoms with Crippen LogP contribution in [0.15, 0.2) is 61.1 Å². The molecule has 2 aromatic heterocycles. The van der Waals surface area contributed by atoms with Gasteiger partial charge in [-0.15, -0.1) is 0 Å². The zero-order chi connectivity index (χ0) is 19.8. The number of carbonyl (C=O) groups is 1. The van der Waals surface area contributed by atoms with Crippen LogP contribution in [-0.4, -0.2) is 27.7 Å². The minimum atomic E-state index is 0.0214. The Hall–Kier alpha value is -3.47. The highest BCUT2D eigenvalue weighted by atomic mass is 16.2. The third kappa shape index (κ3) is 3.16. The number of pyridine rings is 1. The summed E-state index contributed by atoms with van der Waals surface area (Å²) < 4.78 is 1.78. The van der Waals surface area contributed by atoms with Crippen LogP contribution in [0.2, 0.25) is 0 Å². The molecule has 140 valence electrons. The maximum absolute atomic E-state index is 11.7. The number of aromatic nitrogens is 3. The first-order chi connectivity index (χ1) is 13.4. The van der Waals surface area contributed by atoms with Gasteiger partial charge in [-0.3, -0.25) is 14.5 Å². The van der Waals surface area contributed by atoms with Crippen molar-refractivity contribution >= 4 is 22.4 Å². The number of rotatable bonds is 3. The predicted octanol–water partition coefficient (Wildman–Crippen LogP) is 4.59. The third-order valence-corrected chi connectivity index (χ3v) is 5.11. The SMILES string of the molecule is CC(=O)N(C)c1ccc(-c2cccc3cc(-c4cnn(C)c4)ncc23)cc1C. The summed E-state index contributed by atoms with van der Waals surface area (Å²) in [7, 11) is 3.70. The molecule has 0 saturated carbocycles. The number of carbonyl (C=O) groups excluding carboxylic acids is 1. The average molecular weight is 370 g/mol. The summed E-state index contributed by atoms with van der Waals surface area (Å²) in [4.78, 5) is 18.0. The highest BCUT2D eigenvalue weighted by Gasteiger charge is 2.12. The predicted molar refractivity (Wildman–Crippen MR) is 113 cm³/mol. The van der Waals surface area contributed by atoms with Crippen LogP contribution in [0.25, 0.3) is 33.2 Å². The Kier molecular flexibility index (Phi) is 4.43. The van der Waals surface area contributed by atoms with Crippen LogP contribution in [0, 0.1) is 6.92 Å². The van der Waals surface area contributed by atoms with Gasteiger partial charge in [0.1, 0.15) is 0 Å². The van der Waals surface area contributed by atoms with Crippen molar-refractivity contribution < 1.29 is 4.79 Å². The number of nitrogens with zero attached hydrogens (tertiary/aromatic N) is 4. The molecule has 0 bridgehead atoms. The van der Waals surface area contributed by atoms with Crippen LogP contribution < -0.4 is 4.90 Å². The van der Waals surface area contributed by atoms with Gasteiger partial charge in [0.15, 0.2) is 0 Å². The van der Waals surface area contributed by atoms with Gasteiger partial charge in [-0.1, -0.05) is 24.3 Å². The zero-order valence-corrected chi connectivity index (χ0v) is 16.5. The molecule has 0 fully saturated rings. The minimum absolute atomic E-state index is 0.0214. The third-order valence-electron chi connectivity index (χ3n) is 5.11. The molecule has 5 nitrogen and oxygen atoms in total. The molecule has 0 saturated heterocycles. The van der Waals surface area contributed by atoms with E-state index in [1.165, 1.54) is 0 Å². The van der Waals surface area contributed by atoms with E-state index >= 15 is 0 Å². The van der Waals surface area contributed by atoms with Crippen LogP contribution in [0.4, 0.5) is 5.69 Å². The van der Waals surface area contributed by atoms with Gasteiger partial charge < -0.3 is 4.90 Å². The largest absolute Gasteiger partial charge is 0.315 e. The first-order valence-corrected chi connectivity index (χ1v) is 9.17. The number of hydrogen-bond acceptors (Lipinski definition) is 3. The van der Waals surface area contributed by atoms with Crippen molar-refractivity contribution in [1.29, 1.82) is 0 Å². The maximum atomic E-state index is 11.7. The monoisotopic (exact) mass is 370 g/mol. The lowest BCUT2D eigenvalue weighted by Gasteiger charge is -2.18. The summed E-state index contributed by atoms with van der Waals surface area (Å²) in [5.41, 5.74) is 6.14. The maximum Gasteiger partial charge on any atom is 0.223 e. The Morgan fingerprint density at radius 2 is 1.89 bits per heavy atom. The zero-order valence-electron chi connectivity index (χ0n) is 16.5. The standard InChI is InChI=1S/C23H22N4O/c1-15-10-18(8-9-23(15)27(4)16(2)28)20-7-5-6-17-11-22(24-13-21(17)20)19-12-25-26(3)14-19/h5-14H,1-4H3. The number of aryl methyl sites for hydroxylation is 2. The highest BCUT2D eigenvalue weighted by molar-refractivity contribution is 5.98. The summed E-state index contributed by atoms with van der Waals surface area (Å²) in [6, 6.07) is 14.6. The fourth-order valence-corrected chi connectivity index (χ4v) is 3.50. The molecule has 2 aromatic carbocycles. The first-order valence-electron chi connectivity index (χ1n) is 9.17. The Bertz CT molecular complexity index is 1190. The van der Waals surface area contributed by atoms with E-state index in [1.54, 1.807) is 23.6 Å². The minimum Gasteiger partial charge on any atom is -0.315 e. The van der Waals surface area contributed by atoms with E-state index in [2.05, 4.69) is 46.5 Å². The van der Waals surface area contributed by atoms with Crippen molar-refractivity contribution in [2.24, 2.45) is 7.05 Å². The molecule has 1 amide bonds. The van der Waals surface area contributed by atoms with E-state index in [4.69, 9.17) is 0 Å². The lowest BCUT2D eigenvalue weighted by atomic mass is 9.97. The molecule has 0 spiro atoms. The van der Waals surface area contributed by atoms with E-state index in [0.29, 0.717) is 0 Å². The summed E-state index contributed by atoms with van der Waals surface area (Å²) in [5.74, 6) is 0.0214. The molecule has 4 aromatic rings. The lowest BCUT2D eigenvalue weighted by Crippen LogP contribution is -2.23. The molecule has 0 N–H and O–H groups in total. The summed E-state index contributed by atoms with van der Waals surface area (Å²) in [6.45, 7) is 3.60. The lowest BCUT2D eigenvalue weighted by molar-refractivity contribution is -0.116. The summed E-state index contributed by atoms with van der Waals surface area (Å²) >= 11 is 0. The number of benzene rings is 2. The molecule has 28 heavy (non-hydrogen) atoms. The van der Waals surface area contributed by atoms with E-state index in [0.717, 1.165) is 44.4 Å². The topological polar surface area (TPSA) is 51.0 Å². The molecule has 2 heterocycles. The van der Waals surface area contributed by atoms with Gasteiger partial charge in [-0.05, 0) is 47.2 Å². The number of anilines is 1. The van der Waals surface area contributed by atoms with Crippen molar-refractivity contribution in [3.63, 3.8) is 0 Å². The smallest absolute Gasteiger partial charge is 0.223 e. The van der Waals surface area contributed by atoms with Crippen molar-refractivity contribution in [2.45, 2.75) is 13.8 Å². The molecule has 0 unspecified atom stereocenters. The van der Waals surface area contributed by atoms with E-state index < -0.39 is 0 Å². The van der Waals surface area contributed by atoms with Crippen molar-refractivity contribution in [3.8, 4) is 22.4 Å². The molecular formula is C23H22N4O. The number of fused-ring (bicyclic) bond motifs is 1. The van der Waals surface area contributed by atoms with Gasteiger partial charge in [-0.25, -0.2) is 0 Å².